The van der Waals surface area contributed by atoms with Crippen molar-refractivity contribution in [3.63, 3.8) is 0 Å². The molecule has 16 heavy (non-hydrogen) atoms. The van der Waals surface area contributed by atoms with Crippen LogP contribution >= 0.6 is 0 Å². The molecular weight excluding hydrogens is 208 g/mol. The Kier molecular flexibility index (Phi) is 2.66. The molecule has 2 rings (SSSR count). The average Bonchev–Trinajstić information content (AvgIpc) is 2.23. The van der Waals surface area contributed by atoms with Crippen LogP contribution in [0.4, 0.5) is 0 Å². The lowest BCUT2D eigenvalue weighted by Crippen LogP contribution is -2.10. The fourth-order valence-corrected chi connectivity index (χ4v) is 1.69. The van der Waals surface area contributed by atoms with Gasteiger partial charge >= 0.3 is 5.63 Å². The molecule has 1 heterocycles. The van der Waals surface area contributed by atoms with Crippen molar-refractivity contribution in [2.45, 2.75) is 13.5 Å². The SMILES string of the molecule is COCc1c(C)c2ccc(O)cc2oc1=O. The van der Waals surface area contributed by atoms with Gasteiger partial charge in [0.2, 0.25) is 0 Å². The van der Waals surface area contributed by atoms with Crippen LogP contribution in [-0.4, -0.2) is 12.2 Å². The quantitative estimate of drug-likeness (QED) is 0.786. The van der Waals surface area contributed by atoms with Gasteiger partial charge in [0.05, 0.1) is 12.2 Å². The molecule has 0 aliphatic heterocycles. The fraction of sp³-hybridized carbons (Fsp3) is 0.250. The molecule has 1 aromatic carbocycles. The second-order valence-corrected chi connectivity index (χ2v) is 3.61. The summed E-state index contributed by atoms with van der Waals surface area (Å²) in [6.45, 7) is 2.07. The number of aryl methyl sites for hydroxylation is 1. The van der Waals surface area contributed by atoms with Crippen LogP contribution in [0.2, 0.25) is 0 Å². The summed E-state index contributed by atoms with van der Waals surface area (Å²) in [6.07, 6.45) is 0. The number of fused-ring (bicyclic) bond motifs is 1. The largest absolute Gasteiger partial charge is 0.508 e. The predicted molar refractivity (Wildman–Crippen MR) is 59.6 cm³/mol. The van der Waals surface area contributed by atoms with Gasteiger partial charge in [0.15, 0.2) is 0 Å². The first-order valence-electron chi connectivity index (χ1n) is 4.87. The molecule has 1 aromatic heterocycles. The van der Waals surface area contributed by atoms with E-state index in [1.165, 1.54) is 13.2 Å². The van der Waals surface area contributed by atoms with Gasteiger partial charge in [-0.3, -0.25) is 0 Å². The number of hydrogen-bond acceptors (Lipinski definition) is 4. The van der Waals surface area contributed by atoms with Crippen LogP contribution in [0.3, 0.4) is 0 Å². The van der Waals surface area contributed by atoms with E-state index >= 15 is 0 Å². The van der Waals surface area contributed by atoms with Gasteiger partial charge in [-0.15, -0.1) is 0 Å². The number of rotatable bonds is 2. The highest BCUT2D eigenvalue weighted by Gasteiger charge is 2.11. The highest BCUT2D eigenvalue weighted by molar-refractivity contribution is 5.82. The summed E-state index contributed by atoms with van der Waals surface area (Å²) in [5, 5.41) is 10.1. The summed E-state index contributed by atoms with van der Waals surface area (Å²) in [5.41, 5.74) is 1.31. The highest BCUT2D eigenvalue weighted by Crippen LogP contribution is 2.23. The second-order valence-electron chi connectivity index (χ2n) is 3.61. The van der Waals surface area contributed by atoms with Crippen molar-refractivity contribution in [2.24, 2.45) is 0 Å². The van der Waals surface area contributed by atoms with E-state index in [1.54, 1.807) is 12.1 Å². The van der Waals surface area contributed by atoms with Crippen LogP contribution in [0.25, 0.3) is 11.0 Å². The monoisotopic (exact) mass is 220 g/mol. The van der Waals surface area contributed by atoms with E-state index in [2.05, 4.69) is 0 Å². The van der Waals surface area contributed by atoms with Crippen LogP contribution < -0.4 is 5.63 Å². The predicted octanol–water partition coefficient (Wildman–Crippen LogP) is 1.95. The molecule has 0 spiro atoms. The molecule has 2 aromatic rings. The molecule has 0 aliphatic carbocycles. The first kappa shape index (κ1) is 10.7. The number of phenolic OH excluding ortho intramolecular Hbond substituents is 1. The highest BCUT2D eigenvalue weighted by atomic mass is 16.5. The van der Waals surface area contributed by atoms with Crippen LogP contribution in [0.5, 0.6) is 5.75 Å². The summed E-state index contributed by atoms with van der Waals surface area (Å²) >= 11 is 0. The lowest BCUT2D eigenvalue weighted by Gasteiger charge is -2.06. The van der Waals surface area contributed by atoms with E-state index in [-0.39, 0.29) is 12.4 Å². The Morgan fingerprint density at radius 1 is 1.44 bits per heavy atom. The molecule has 0 saturated carbocycles. The third kappa shape index (κ3) is 1.67. The zero-order valence-electron chi connectivity index (χ0n) is 9.11. The molecule has 0 bridgehead atoms. The van der Waals surface area contributed by atoms with E-state index in [0.717, 1.165) is 10.9 Å². The summed E-state index contributed by atoms with van der Waals surface area (Å²) in [4.78, 5) is 11.6. The van der Waals surface area contributed by atoms with Gasteiger partial charge in [0, 0.05) is 18.6 Å². The van der Waals surface area contributed by atoms with Crippen molar-refractivity contribution in [2.75, 3.05) is 7.11 Å². The maximum Gasteiger partial charge on any atom is 0.342 e. The Bertz CT molecular complexity index is 583. The lowest BCUT2D eigenvalue weighted by atomic mass is 10.1. The maximum absolute atomic E-state index is 11.6. The third-order valence-corrected chi connectivity index (χ3v) is 2.56. The molecule has 4 nitrogen and oxygen atoms in total. The number of ether oxygens (including phenoxy) is 1. The summed E-state index contributed by atoms with van der Waals surface area (Å²) < 4.78 is 10.1. The van der Waals surface area contributed by atoms with Gasteiger partial charge in [0.25, 0.3) is 0 Å². The smallest absolute Gasteiger partial charge is 0.342 e. The van der Waals surface area contributed by atoms with Crippen molar-refractivity contribution < 1.29 is 14.3 Å². The maximum atomic E-state index is 11.6. The molecule has 0 fully saturated rings. The zero-order chi connectivity index (χ0) is 11.7. The molecule has 0 atom stereocenters. The van der Waals surface area contributed by atoms with Gasteiger partial charge in [-0.2, -0.15) is 0 Å². The number of benzene rings is 1. The van der Waals surface area contributed by atoms with E-state index in [9.17, 15) is 9.90 Å². The number of phenols is 1. The second kappa shape index (κ2) is 3.98. The molecule has 0 unspecified atom stereocenters. The molecule has 1 N–H and O–H groups in total. The molecule has 84 valence electrons. The fourth-order valence-electron chi connectivity index (χ4n) is 1.69. The van der Waals surface area contributed by atoms with Crippen molar-refractivity contribution >= 4 is 11.0 Å². The molecule has 0 amide bonds. The Hall–Kier alpha value is -1.81. The van der Waals surface area contributed by atoms with E-state index in [0.29, 0.717) is 11.1 Å². The van der Waals surface area contributed by atoms with Gasteiger partial charge < -0.3 is 14.3 Å². The minimum Gasteiger partial charge on any atom is -0.508 e. The molecule has 0 saturated heterocycles. The van der Waals surface area contributed by atoms with Crippen LogP contribution in [0.1, 0.15) is 11.1 Å². The summed E-state index contributed by atoms with van der Waals surface area (Å²) in [5.74, 6) is 0.0783. The van der Waals surface area contributed by atoms with Gasteiger partial charge in [-0.05, 0) is 24.6 Å². The van der Waals surface area contributed by atoms with E-state index in [1.807, 2.05) is 6.92 Å². The van der Waals surface area contributed by atoms with Crippen molar-refractivity contribution in [1.29, 1.82) is 0 Å². The van der Waals surface area contributed by atoms with Gasteiger partial charge in [-0.1, -0.05) is 0 Å². The Labute approximate surface area is 92.1 Å². The van der Waals surface area contributed by atoms with E-state index < -0.39 is 5.63 Å². The van der Waals surface area contributed by atoms with Crippen molar-refractivity contribution in [1.82, 2.24) is 0 Å². The molecule has 4 heteroatoms. The van der Waals surface area contributed by atoms with Gasteiger partial charge in [0.1, 0.15) is 11.3 Å². The average molecular weight is 220 g/mol. The van der Waals surface area contributed by atoms with Gasteiger partial charge in [-0.25, -0.2) is 4.79 Å². The first-order chi connectivity index (χ1) is 7.63. The number of hydrogen-bond donors (Lipinski definition) is 1. The van der Waals surface area contributed by atoms with Crippen molar-refractivity contribution in [3.05, 3.63) is 39.7 Å². The van der Waals surface area contributed by atoms with Crippen molar-refractivity contribution in [3.8, 4) is 5.75 Å². The minimum atomic E-state index is -0.419. The first-order valence-corrected chi connectivity index (χ1v) is 4.87. The van der Waals surface area contributed by atoms with Crippen LogP contribution in [0, 0.1) is 6.92 Å². The Morgan fingerprint density at radius 3 is 2.88 bits per heavy atom. The minimum absolute atomic E-state index is 0.0783. The lowest BCUT2D eigenvalue weighted by molar-refractivity contribution is 0.181. The molecule has 0 radical (unpaired) electrons. The summed E-state index contributed by atoms with van der Waals surface area (Å²) in [7, 11) is 1.53. The summed E-state index contributed by atoms with van der Waals surface area (Å²) in [6, 6.07) is 4.72. The number of methoxy groups -OCH3 is 1. The molecular formula is C12H12O4. The number of aromatic hydroxyl groups is 1. The zero-order valence-corrected chi connectivity index (χ0v) is 9.11. The standard InChI is InChI=1S/C12H12O4/c1-7-9-4-3-8(13)5-11(9)16-12(14)10(7)6-15-2/h3-5,13H,6H2,1-2H3. The third-order valence-electron chi connectivity index (χ3n) is 2.56. The topological polar surface area (TPSA) is 59.7 Å². The van der Waals surface area contributed by atoms with Crippen LogP contribution in [-0.2, 0) is 11.3 Å². The normalized spacial score (nSPS) is 10.9. The van der Waals surface area contributed by atoms with E-state index in [4.69, 9.17) is 9.15 Å². The Morgan fingerprint density at radius 2 is 2.19 bits per heavy atom. The van der Waals surface area contributed by atoms with Crippen LogP contribution in [0.15, 0.2) is 27.4 Å². The Balaban J connectivity index is 2.78. The molecule has 0 aliphatic rings.